The maximum atomic E-state index is 12.7. The normalized spacial score (nSPS) is 11.6. The van der Waals surface area contributed by atoms with E-state index in [0.717, 1.165) is 38.6 Å². The van der Waals surface area contributed by atoms with Crippen LogP contribution in [0, 0.1) is 0 Å². The summed E-state index contributed by atoms with van der Waals surface area (Å²) in [6.07, 6.45) is 2.27. The van der Waals surface area contributed by atoms with Crippen LogP contribution in [0.25, 0.3) is 33.0 Å². The largest absolute Gasteiger partial charge is 0.294 e. The van der Waals surface area contributed by atoms with Gasteiger partial charge in [-0.1, -0.05) is 42.5 Å². The van der Waals surface area contributed by atoms with Gasteiger partial charge in [0, 0.05) is 35.7 Å². The van der Waals surface area contributed by atoms with Gasteiger partial charge in [-0.2, -0.15) is 0 Å². The molecule has 0 spiro atoms. The van der Waals surface area contributed by atoms with Crippen molar-refractivity contribution >= 4 is 45.5 Å². The second-order valence-electron chi connectivity index (χ2n) is 7.08. The third-order valence-electron chi connectivity index (χ3n) is 5.34. The Bertz CT molecular complexity index is 1090. The Balaban J connectivity index is 1.81. The van der Waals surface area contributed by atoms with Crippen LogP contribution in [-0.4, -0.2) is 23.3 Å². The molecule has 3 aromatic rings. The van der Waals surface area contributed by atoms with Gasteiger partial charge in [0.1, 0.15) is 0 Å². The quantitative estimate of drug-likeness (QED) is 0.234. The molecule has 0 N–H and O–H groups in total. The molecule has 1 aliphatic rings. The molecule has 1 aliphatic carbocycles. The number of halogens is 2. The predicted octanol–water partition coefficient (Wildman–Crippen LogP) is 6.89. The molecule has 0 amide bonds. The molecule has 0 saturated heterocycles. The van der Waals surface area contributed by atoms with Crippen molar-refractivity contribution in [1.82, 2.24) is 0 Å². The van der Waals surface area contributed by atoms with Crippen LogP contribution in [0.5, 0.6) is 0 Å². The topological polar surface area (TPSA) is 34.1 Å². The third kappa shape index (κ3) is 3.25. The van der Waals surface area contributed by atoms with Gasteiger partial charge in [0.05, 0.1) is 0 Å². The average molecular weight is 411 g/mol. The van der Waals surface area contributed by atoms with Crippen LogP contribution in [0.15, 0.2) is 48.5 Å². The molecule has 0 fully saturated rings. The maximum Gasteiger partial charge on any atom is 0.163 e. The number of hydrogen-bond acceptors (Lipinski definition) is 2. The second-order valence-corrected chi connectivity index (χ2v) is 7.84. The lowest BCUT2D eigenvalue weighted by molar-refractivity contribution is 0.0974. The molecule has 0 atom stereocenters. The molecule has 4 rings (SSSR count). The van der Waals surface area contributed by atoms with Crippen molar-refractivity contribution in [2.45, 2.75) is 25.7 Å². The van der Waals surface area contributed by atoms with E-state index < -0.39 is 0 Å². The van der Waals surface area contributed by atoms with Gasteiger partial charge in [-0.05, 0) is 51.9 Å². The first-order chi connectivity index (χ1) is 13.7. The van der Waals surface area contributed by atoms with Gasteiger partial charge in [0.15, 0.2) is 11.6 Å². The maximum absolute atomic E-state index is 12.7. The van der Waals surface area contributed by atoms with Gasteiger partial charge in [-0.3, -0.25) is 9.59 Å². The lowest BCUT2D eigenvalue weighted by atomic mass is 9.95. The van der Waals surface area contributed by atoms with Crippen LogP contribution in [0.4, 0.5) is 0 Å². The van der Waals surface area contributed by atoms with Gasteiger partial charge in [-0.15, -0.1) is 23.2 Å². The van der Waals surface area contributed by atoms with Crippen molar-refractivity contribution in [3.8, 4) is 22.3 Å². The number of carbonyl (C=O) groups excluding carboxylic acids is 2. The van der Waals surface area contributed by atoms with Gasteiger partial charge in [-0.25, -0.2) is 0 Å². The van der Waals surface area contributed by atoms with Gasteiger partial charge in [0.2, 0.25) is 0 Å². The third-order valence-corrected chi connectivity index (χ3v) is 5.87. The molecule has 3 aromatic carbocycles. The number of ketones is 2. The zero-order valence-corrected chi connectivity index (χ0v) is 16.9. The van der Waals surface area contributed by atoms with E-state index in [1.807, 2.05) is 42.5 Å². The summed E-state index contributed by atoms with van der Waals surface area (Å²) in [7, 11) is 0. The van der Waals surface area contributed by atoms with Crippen molar-refractivity contribution in [3.63, 3.8) is 0 Å². The van der Waals surface area contributed by atoms with Crippen LogP contribution < -0.4 is 0 Å². The van der Waals surface area contributed by atoms with Crippen molar-refractivity contribution in [1.29, 1.82) is 0 Å². The summed E-state index contributed by atoms with van der Waals surface area (Å²) < 4.78 is 0. The number of benzene rings is 3. The van der Waals surface area contributed by atoms with E-state index in [1.54, 1.807) is 0 Å². The second kappa shape index (κ2) is 8.06. The summed E-state index contributed by atoms with van der Waals surface area (Å²) in [5, 5.41) is 2.07. The molecule has 28 heavy (non-hydrogen) atoms. The SMILES string of the molecule is O=C(CCCCl)c1ccc2c(c1)-c1ccc(C(=O)CCCCl)c3cccc-2c13. The van der Waals surface area contributed by atoms with Crippen LogP contribution in [0.3, 0.4) is 0 Å². The Labute approximate surface area is 174 Å². The van der Waals surface area contributed by atoms with Crippen LogP contribution >= 0.6 is 23.2 Å². The molecular weight excluding hydrogens is 391 g/mol. The van der Waals surface area contributed by atoms with E-state index >= 15 is 0 Å². The first kappa shape index (κ1) is 19.2. The average Bonchev–Trinajstić information content (AvgIpc) is 3.05. The molecule has 0 heterocycles. The minimum atomic E-state index is 0.114. The zero-order valence-electron chi connectivity index (χ0n) is 15.4. The summed E-state index contributed by atoms with van der Waals surface area (Å²) in [6, 6.07) is 15.9. The van der Waals surface area contributed by atoms with Crippen molar-refractivity contribution < 1.29 is 9.59 Å². The lowest BCUT2D eigenvalue weighted by Crippen LogP contribution is -2.01. The summed E-state index contributed by atoms with van der Waals surface area (Å²) in [6.45, 7) is 0. The van der Waals surface area contributed by atoms with Crippen molar-refractivity contribution in [2.75, 3.05) is 11.8 Å². The molecule has 0 aliphatic heterocycles. The highest BCUT2D eigenvalue weighted by atomic mass is 35.5. The first-order valence-electron chi connectivity index (χ1n) is 9.54. The fourth-order valence-corrected chi connectivity index (χ4v) is 4.28. The molecule has 142 valence electrons. The Hall–Kier alpha value is -2.16. The van der Waals surface area contributed by atoms with Crippen molar-refractivity contribution in [2.24, 2.45) is 0 Å². The number of hydrogen-bond donors (Lipinski definition) is 0. The molecule has 0 unspecified atom stereocenters. The van der Waals surface area contributed by atoms with Crippen LogP contribution in [0.2, 0.25) is 0 Å². The monoisotopic (exact) mass is 410 g/mol. The lowest BCUT2D eigenvalue weighted by Gasteiger charge is -2.08. The predicted molar refractivity (Wildman–Crippen MR) is 117 cm³/mol. The fourth-order valence-electron chi connectivity index (χ4n) is 4.01. The number of Topliss-reactive ketones (excluding diaryl/α,β-unsaturated/α-hetero) is 2. The molecule has 0 saturated carbocycles. The molecule has 0 radical (unpaired) electrons. The van der Waals surface area contributed by atoms with E-state index in [2.05, 4.69) is 6.07 Å². The summed E-state index contributed by atoms with van der Waals surface area (Å²) in [5.41, 5.74) is 5.84. The molecule has 0 aromatic heterocycles. The Morgan fingerprint density at radius 1 is 0.714 bits per heavy atom. The van der Waals surface area contributed by atoms with E-state index in [9.17, 15) is 9.59 Å². The van der Waals surface area contributed by atoms with E-state index in [0.29, 0.717) is 43.0 Å². The Morgan fingerprint density at radius 3 is 2.14 bits per heavy atom. The smallest absolute Gasteiger partial charge is 0.163 e. The first-order valence-corrected chi connectivity index (χ1v) is 10.6. The number of fused-ring (bicyclic) bond motifs is 3. The van der Waals surface area contributed by atoms with E-state index in [-0.39, 0.29) is 11.6 Å². The molecule has 0 bridgehead atoms. The minimum absolute atomic E-state index is 0.114. The minimum Gasteiger partial charge on any atom is -0.294 e. The standard InChI is InChI=1S/C24H20Cl2O2/c25-12-2-6-22(27)15-8-9-16-18-4-1-5-19-17(23(28)7-3-13-26)10-11-20(24(18)19)21(16)14-15/h1,4-5,8-11,14H,2-3,6-7,12-13H2. The number of rotatable bonds is 8. The highest BCUT2D eigenvalue weighted by molar-refractivity contribution is 6.21. The molecule has 4 heteroatoms. The summed E-state index contributed by atoms with van der Waals surface area (Å²) in [5.74, 6) is 1.21. The van der Waals surface area contributed by atoms with Gasteiger partial charge >= 0.3 is 0 Å². The van der Waals surface area contributed by atoms with Crippen molar-refractivity contribution in [3.05, 3.63) is 59.7 Å². The number of carbonyl (C=O) groups is 2. The number of alkyl halides is 2. The van der Waals surface area contributed by atoms with E-state index in [1.165, 1.54) is 0 Å². The van der Waals surface area contributed by atoms with Crippen LogP contribution in [-0.2, 0) is 0 Å². The van der Waals surface area contributed by atoms with E-state index in [4.69, 9.17) is 23.2 Å². The zero-order chi connectivity index (χ0) is 19.7. The highest BCUT2D eigenvalue weighted by Crippen LogP contribution is 2.48. The summed E-state index contributed by atoms with van der Waals surface area (Å²) in [4.78, 5) is 25.1. The molecule has 2 nitrogen and oxygen atoms in total. The van der Waals surface area contributed by atoms with Gasteiger partial charge in [0.25, 0.3) is 0 Å². The fraction of sp³-hybridized carbons (Fsp3) is 0.250. The highest BCUT2D eigenvalue weighted by Gasteiger charge is 2.24. The van der Waals surface area contributed by atoms with Crippen LogP contribution in [0.1, 0.15) is 46.4 Å². The van der Waals surface area contributed by atoms with Gasteiger partial charge < -0.3 is 0 Å². The molecular formula is C24H20Cl2O2. The Kier molecular flexibility index (Phi) is 5.52. The summed E-state index contributed by atoms with van der Waals surface area (Å²) >= 11 is 11.5. The Morgan fingerprint density at radius 2 is 1.39 bits per heavy atom.